The van der Waals surface area contributed by atoms with Crippen LogP contribution in [0.3, 0.4) is 0 Å². The molecule has 4 aromatic rings. The number of carbonyl (C=O) groups excluding carboxylic acids is 1. The number of halogens is 1. The van der Waals surface area contributed by atoms with Crippen LogP contribution in [0.25, 0.3) is 10.9 Å². The van der Waals surface area contributed by atoms with E-state index in [0.717, 1.165) is 5.56 Å². The van der Waals surface area contributed by atoms with Crippen molar-refractivity contribution in [1.29, 1.82) is 0 Å². The van der Waals surface area contributed by atoms with Crippen LogP contribution in [0.15, 0.2) is 88.8 Å². The Labute approximate surface area is 177 Å². The highest BCUT2D eigenvalue weighted by Gasteiger charge is 2.19. The first-order valence-electron chi connectivity index (χ1n) is 9.52. The minimum absolute atomic E-state index is 0.0513. The lowest BCUT2D eigenvalue weighted by Gasteiger charge is -2.20. The summed E-state index contributed by atoms with van der Waals surface area (Å²) in [7, 11) is 0. The lowest BCUT2D eigenvalue weighted by atomic mass is 10.1. The smallest absolute Gasteiger partial charge is 0.262 e. The van der Waals surface area contributed by atoms with Crippen molar-refractivity contribution >= 4 is 28.4 Å². The summed E-state index contributed by atoms with van der Waals surface area (Å²) in [6.07, 6.45) is 0. The van der Waals surface area contributed by atoms with Crippen LogP contribution in [0.5, 0.6) is 0 Å². The van der Waals surface area contributed by atoms with Crippen LogP contribution in [-0.2, 0) is 0 Å². The van der Waals surface area contributed by atoms with Crippen LogP contribution in [0, 0.1) is 5.82 Å². The molecule has 0 saturated heterocycles. The van der Waals surface area contributed by atoms with Gasteiger partial charge in [0, 0.05) is 5.56 Å². The van der Waals surface area contributed by atoms with E-state index in [1.807, 2.05) is 49.4 Å². The van der Waals surface area contributed by atoms with Crippen LogP contribution in [0.4, 0.5) is 4.39 Å². The second-order valence-electron chi connectivity index (χ2n) is 6.90. The van der Waals surface area contributed by atoms with Crippen molar-refractivity contribution < 1.29 is 9.18 Å². The first-order chi connectivity index (χ1) is 14.5. The average Bonchev–Trinajstić information content (AvgIpc) is 2.78. The van der Waals surface area contributed by atoms with Crippen LogP contribution in [0.2, 0.25) is 0 Å². The van der Waals surface area contributed by atoms with Gasteiger partial charge in [-0.2, -0.15) is 0 Å². The molecule has 0 spiro atoms. The number of aromatic nitrogens is 2. The molecule has 1 aromatic heterocycles. The van der Waals surface area contributed by atoms with E-state index in [0.29, 0.717) is 21.6 Å². The number of hydrogen-bond donors (Lipinski definition) is 0. The molecule has 4 nitrogen and oxygen atoms in total. The van der Waals surface area contributed by atoms with E-state index in [2.05, 4.69) is 4.98 Å². The van der Waals surface area contributed by atoms with E-state index in [4.69, 9.17) is 0 Å². The molecule has 0 fully saturated rings. The zero-order chi connectivity index (χ0) is 21.1. The van der Waals surface area contributed by atoms with Crippen molar-refractivity contribution in [2.75, 3.05) is 5.75 Å². The molecule has 6 heteroatoms. The highest BCUT2D eigenvalue weighted by atomic mass is 32.2. The Morgan fingerprint density at radius 1 is 1.03 bits per heavy atom. The van der Waals surface area contributed by atoms with Crippen molar-refractivity contribution in [3.05, 3.63) is 106 Å². The van der Waals surface area contributed by atoms with Gasteiger partial charge in [0.05, 0.1) is 22.7 Å². The fourth-order valence-electron chi connectivity index (χ4n) is 3.32. The predicted octanol–water partition coefficient (Wildman–Crippen LogP) is 5.12. The minimum atomic E-state index is -0.454. The summed E-state index contributed by atoms with van der Waals surface area (Å²) in [5.74, 6) is -0.624. The average molecular weight is 418 g/mol. The summed E-state index contributed by atoms with van der Waals surface area (Å²) in [5.41, 5.74) is 1.70. The maximum absolute atomic E-state index is 13.5. The Kier molecular flexibility index (Phi) is 5.77. The molecule has 1 heterocycles. The number of nitrogens with zero attached hydrogens (tertiary/aromatic N) is 2. The molecular weight excluding hydrogens is 399 g/mol. The third kappa shape index (κ3) is 4.04. The standard InChI is InChI=1S/C24H19FN2O2S/c1-16(17-8-3-2-4-9-17)27-23(29)20-12-5-6-13-21(20)26-24(27)30-15-22(28)18-10-7-11-19(25)14-18/h2-14,16H,15H2,1H3/t16-/m0/s1. The van der Waals surface area contributed by atoms with Crippen molar-refractivity contribution in [3.63, 3.8) is 0 Å². The predicted molar refractivity (Wildman–Crippen MR) is 118 cm³/mol. The second-order valence-corrected chi connectivity index (χ2v) is 7.84. The molecular formula is C24H19FN2O2S. The molecule has 0 aliphatic heterocycles. The molecule has 0 unspecified atom stereocenters. The molecule has 0 aliphatic carbocycles. The molecule has 1 atom stereocenters. The number of benzene rings is 3. The number of fused-ring (bicyclic) bond motifs is 1. The minimum Gasteiger partial charge on any atom is -0.293 e. The van der Waals surface area contributed by atoms with Gasteiger partial charge < -0.3 is 0 Å². The monoisotopic (exact) mass is 418 g/mol. The fourth-order valence-corrected chi connectivity index (χ4v) is 4.29. The van der Waals surface area contributed by atoms with Gasteiger partial charge in [-0.15, -0.1) is 0 Å². The van der Waals surface area contributed by atoms with E-state index in [1.54, 1.807) is 22.8 Å². The van der Waals surface area contributed by atoms with Gasteiger partial charge in [-0.1, -0.05) is 66.4 Å². The van der Waals surface area contributed by atoms with E-state index >= 15 is 0 Å². The van der Waals surface area contributed by atoms with Crippen molar-refractivity contribution in [1.82, 2.24) is 9.55 Å². The highest BCUT2D eigenvalue weighted by molar-refractivity contribution is 7.99. The summed E-state index contributed by atoms with van der Waals surface area (Å²) < 4.78 is 15.1. The van der Waals surface area contributed by atoms with Gasteiger partial charge >= 0.3 is 0 Å². The highest BCUT2D eigenvalue weighted by Crippen LogP contribution is 2.25. The number of hydrogen-bond acceptors (Lipinski definition) is 4. The summed E-state index contributed by atoms with van der Waals surface area (Å²) in [5, 5.41) is 0.987. The summed E-state index contributed by atoms with van der Waals surface area (Å²) in [4.78, 5) is 30.5. The van der Waals surface area contributed by atoms with E-state index < -0.39 is 5.82 Å². The van der Waals surface area contributed by atoms with Crippen molar-refractivity contribution in [2.24, 2.45) is 0 Å². The summed E-state index contributed by atoms with van der Waals surface area (Å²) >= 11 is 1.19. The first kappa shape index (κ1) is 20.0. The van der Waals surface area contributed by atoms with Gasteiger partial charge in [0.25, 0.3) is 5.56 Å². The van der Waals surface area contributed by atoms with Gasteiger partial charge in [-0.05, 0) is 36.8 Å². The van der Waals surface area contributed by atoms with E-state index in [1.165, 1.54) is 30.0 Å². The largest absolute Gasteiger partial charge is 0.293 e. The molecule has 0 amide bonds. The SMILES string of the molecule is C[C@@H](c1ccccc1)n1c(SCC(=O)c2cccc(F)c2)nc2ccccc2c1=O. The molecule has 4 rings (SSSR count). The molecule has 30 heavy (non-hydrogen) atoms. The maximum Gasteiger partial charge on any atom is 0.262 e. The number of carbonyl (C=O) groups is 1. The second kappa shape index (κ2) is 8.63. The molecule has 0 bridgehead atoms. The van der Waals surface area contributed by atoms with Gasteiger partial charge in [-0.3, -0.25) is 14.2 Å². The van der Waals surface area contributed by atoms with Crippen molar-refractivity contribution in [2.45, 2.75) is 18.1 Å². The molecule has 0 N–H and O–H groups in total. The third-order valence-electron chi connectivity index (χ3n) is 4.92. The van der Waals surface area contributed by atoms with Crippen LogP contribution in [-0.4, -0.2) is 21.1 Å². The van der Waals surface area contributed by atoms with Crippen LogP contribution in [0.1, 0.15) is 28.9 Å². The molecule has 0 saturated carbocycles. The topological polar surface area (TPSA) is 52.0 Å². The zero-order valence-corrected chi connectivity index (χ0v) is 17.1. The molecule has 3 aromatic carbocycles. The Morgan fingerprint density at radius 2 is 1.77 bits per heavy atom. The number of para-hydroxylation sites is 1. The first-order valence-corrected chi connectivity index (χ1v) is 10.5. The number of rotatable bonds is 6. The lowest BCUT2D eigenvalue weighted by molar-refractivity contribution is 0.102. The third-order valence-corrected chi connectivity index (χ3v) is 5.88. The molecule has 0 radical (unpaired) electrons. The normalized spacial score (nSPS) is 12.1. The number of ketones is 1. The Bertz CT molecular complexity index is 1270. The van der Waals surface area contributed by atoms with E-state index in [-0.39, 0.29) is 23.1 Å². The fraction of sp³-hybridized carbons (Fsp3) is 0.125. The van der Waals surface area contributed by atoms with E-state index in [9.17, 15) is 14.0 Å². The van der Waals surface area contributed by atoms with Gasteiger partial charge in [0.2, 0.25) is 0 Å². The Morgan fingerprint density at radius 3 is 2.53 bits per heavy atom. The van der Waals surface area contributed by atoms with Crippen LogP contribution < -0.4 is 5.56 Å². The Balaban J connectivity index is 1.74. The maximum atomic E-state index is 13.5. The molecule has 0 aliphatic rings. The van der Waals surface area contributed by atoms with Crippen molar-refractivity contribution in [3.8, 4) is 0 Å². The van der Waals surface area contributed by atoms with Gasteiger partial charge in [-0.25, -0.2) is 9.37 Å². The van der Waals surface area contributed by atoms with Crippen LogP contribution >= 0.6 is 11.8 Å². The number of thioether (sulfide) groups is 1. The number of Topliss-reactive ketones (excluding diaryl/α,β-unsaturated/α-hetero) is 1. The van der Waals surface area contributed by atoms with Gasteiger partial charge in [0.1, 0.15) is 5.82 Å². The lowest BCUT2D eigenvalue weighted by Crippen LogP contribution is -2.27. The zero-order valence-electron chi connectivity index (χ0n) is 16.3. The summed E-state index contributed by atoms with van der Waals surface area (Å²) in [6, 6.07) is 22.2. The summed E-state index contributed by atoms with van der Waals surface area (Å²) in [6.45, 7) is 1.94. The van der Waals surface area contributed by atoms with Gasteiger partial charge in [0.15, 0.2) is 10.9 Å². The quantitative estimate of drug-likeness (QED) is 0.248. The molecule has 150 valence electrons. The Hall–Kier alpha value is -3.25.